The van der Waals surface area contributed by atoms with Crippen LogP contribution >= 0.6 is 0 Å². The summed E-state index contributed by atoms with van der Waals surface area (Å²) < 4.78 is 0. The van der Waals surface area contributed by atoms with Crippen molar-refractivity contribution in [3.63, 3.8) is 0 Å². The Morgan fingerprint density at radius 3 is 2.70 bits per heavy atom. The molecule has 4 heteroatoms. The van der Waals surface area contributed by atoms with Crippen LogP contribution in [0.4, 0.5) is 5.69 Å². The van der Waals surface area contributed by atoms with Crippen molar-refractivity contribution in [2.24, 2.45) is 0 Å². The van der Waals surface area contributed by atoms with E-state index in [1.165, 1.54) is 25.9 Å². The molecule has 2 rings (SSSR count). The number of hydrogen-bond donors (Lipinski definition) is 1. The van der Waals surface area contributed by atoms with Gasteiger partial charge >= 0.3 is 0 Å². The van der Waals surface area contributed by atoms with Crippen LogP contribution in [0.25, 0.3) is 0 Å². The zero-order valence-corrected chi connectivity index (χ0v) is 12.3. The van der Waals surface area contributed by atoms with Gasteiger partial charge in [0.15, 0.2) is 0 Å². The molecule has 0 saturated carbocycles. The Hall–Kier alpha value is -1.55. The molecule has 1 amide bonds. The Labute approximate surface area is 121 Å². The monoisotopic (exact) mass is 275 g/mol. The molecule has 20 heavy (non-hydrogen) atoms. The van der Waals surface area contributed by atoms with E-state index in [4.69, 9.17) is 5.73 Å². The van der Waals surface area contributed by atoms with Crippen molar-refractivity contribution in [2.45, 2.75) is 25.7 Å². The lowest BCUT2D eigenvalue weighted by Crippen LogP contribution is -2.35. The number of rotatable bonds is 6. The van der Waals surface area contributed by atoms with E-state index in [1.807, 2.05) is 36.2 Å². The molecule has 1 fully saturated rings. The van der Waals surface area contributed by atoms with Gasteiger partial charge in [-0.3, -0.25) is 4.79 Å². The summed E-state index contributed by atoms with van der Waals surface area (Å²) in [6, 6.07) is 7.76. The summed E-state index contributed by atoms with van der Waals surface area (Å²) in [7, 11) is 1.90. The van der Waals surface area contributed by atoms with Crippen LogP contribution in [0.3, 0.4) is 0 Å². The maximum atomic E-state index is 12.1. The summed E-state index contributed by atoms with van der Waals surface area (Å²) in [6.07, 6.45) is 3.85. The molecular formula is C16H25N3O. The minimum absolute atomic E-state index is 0.201. The molecule has 1 saturated heterocycles. The van der Waals surface area contributed by atoms with Gasteiger partial charge in [0.05, 0.1) is 0 Å². The van der Waals surface area contributed by atoms with Gasteiger partial charge < -0.3 is 15.5 Å². The van der Waals surface area contributed by atoms with Crippen LogP contribution in [-0.2, 0) is 11.2 Å². The number of para-hydroxylation sites is 1. The number of likely N-dealkylation sites (tertiary alicyclic amines) is 1. The standard InChI is InChI=1S/C16H25N3O/c1-18(12-13-19-10-4-5-11-19)16(20)9-8-14-6-2-3-7-15(14)17/h2-3,6-7H,4-5,8-13,17H2,1H3. The Bertz CT molecular complexity index is 441. The maximum absolute atomic E-state index is 12.1. The lowest BCUT2D eigenvalue weighted by Gasteiger charge is -2.21. The number of hydrogen-bond acceptors (Lipinski definition) is 3. The number of benzene rings is 1. The molecule has 0 unspecified atom stereocenters. The van der Waals surface area contributed by atoms with Gasteiger partial charge in [0.25, 0.3) is 0 Å². The molecule has 0 bridgehead atoms. The van der Waals surface area contributed by atoms with Crippen molar-refractivity contribution in [3.05, 3.63) is 29.8 Å². The number of carbonyl (C=O) groups excluding carboxylic acids is 1. The van der Waals surface area contributed by atoms with E-state index in [-0.39, 0.29) is 5.91 Å². The second-order valence-electron chi connectivity index (χ2n) is 5.56. The van der Waals surface area contributed by atoms with E-state index < -0.39 is 0 Å². The summed E-state index contributed by atoms with van der Waals surface area (Å²) in [5.41, 5.74) is 7.73. The van der Waals surface area contributed by atoms with Gasteiger partial charge in [0.1, 0.15) is 0 Å². The Kier molecular flexibility index (Phi) is 5.41. The molecule has 1 aliphatic rings. The average Bonchev–Trinajstić information content (AvgIpc) is 2.97. The molecule has 0 radical (unpaired) electrons. The molecule has 0 spiro atoms. The minimum Gasteiger partial charge on any atom is -0.399 e. The molecule has 4 nitrogen and oxygen atoms in total. The molecular weight excluding hydrogens is 250 g/mol. The smallest absolute Gasteiger partial charge is 0.222 e. The first kappa shape index (κ1) is 14.9. The van der Waals surface area contributed by atoms with E-state index in [9.17, 15) is 4.79 Å². The maximum Gasteiger partial charge on any atom is 0.222 e. The van der Waals surface area contributed by atoms with Gasteiger partial charge in [0, 0.05) is 32.2 Å². The van der Waals surface area contributed by atoms with Crippen molar-refractivity contribution < 1.29 is 4.79 Å². The van der Waals surface area contributed by atoms with Crippen molar-refractivity contribution in [2.75, 3.05) is 39.0 Å². The molecule has 1 heterocycles. The molecule has 0 aromatic heterocycles. The van der Waals surface area contributed by atoms with Crippen LogP contribution < -0.4 is 5.73 Å². The third kappa shape index (κ3) is 4.23. The van der Waals surface area contributed by atoms with E-state index in [2.05, 4.69) is 4.90 Å². The van der Waals surface area contributed by atoms with Crippen LogP contribution in [0, 0.1) is 0 Å². The minimum atomic E-state index is 0.201. The molecule has 0 atom stereocenters. The summed E-state index contributed by atoms with van der Waals surface area (Å²) in [5.74, 6) is 0.201. The van der Waals surface area contributed by atoms with Gasteiger partial charge in [-0.1, -0.05) is 18.2 Å². The number of nitrogen functional groups attached to an aromatic ring is 1. The first-order valence-electron chi connectivity index (χ1n) is 7.46. The first-order valence-corrected chi connectivity index (χ1v) is 7.46. The zero-order chi connectivity index (χ0) is 14.4. The van der Waals surface area contributed by atoms with E-state index in [0.717, 1.165) is 30.8 Å². The molecule has 2 N–H and O–H groups in total. The summed E-state index contributed by atoms with van der Waals surface area (Å²) in [4.78, 5) is 16.4. The van der Waals surface area contributed by atoms with E-state index >= 15 is 0 Å². The predicted molar refractivity (Wildman–Crippen MR) is 82.5 cm³/mol. The highest BCUT2D eigenvalue weighted by Crippen LogP contribution is 2.13. The molecule has 0 aliphatic carbocycles. The lowest BCUT2D eigenvalue weighted by molar-refractivity contribution is -0.130. The highest BCUT2D eigenvalue weighted by Gasteiger charge is 2.14. The fourth-order valence-corrected chi connectivity index (χ4v) is 2.62. The SMILES string of the molecule is CN(CCN1CCCC1)C(=O)CCc1ccccc1N. The quantitative estimate of drug-likeness (QED) is 0.805. The van der Waals surface area contributed by atoms with Crippen molar-refractivity contribution in [1.82, 2.24) is 9.80 Å². The van der Waals surface area contributed by atoms with Gasteiger partial charge in [-0.05, 0) is 44.0 Å². The Balaban J connectivity index is 1.72. The van der Waals surface area contributed by atoms with Gasteiger partial charge in [0.2, 0.25) is 5.91 Å². The number of nitrogens with two attached hydrogens (primary N) is 1. The summed E-state index contributed by atoms with van der Waals surface area (Å²) in [5, 5.41) is 0. The highest BCUT2D eigenvalue weighted by atomic mass is 16.2. The molecule has 1 aliphatic heterocycles. The summed E-state index contributed by atoms with van der Waals surface area (Å²) in [6.45, 7) is 4.18. The van der Waals surface area contributed by atoms with Crippen LogP contribution in [0.15, 0.2) is 24.3 Å². The van der Waals surface area contributed by atoms with E-state index in [0.29, 0.717) is 6.42 Å². The molecule has 1 aromatic rings. The molecule has 1 aromatic carbocycles. The van der Waals surface area contributed by atoms with Gasteiger partial charge in [-0.25, -0.2) is 0 Å². The third-order valence-corrected chi connectivity index (χ3v) is 4.04. The Morgan fingerprint density at radius 1 is 1.30 bits per heavy atom. The molecule has 110 valence electrons. The van der Waals surface area contributed by atoms with Crippen molar-refractivity contribution in [1.29, 1.82) is 0 Å². The fraction of sp³-hybridized carbons (Fsp3) is 0.562. The zero-order valence-electron chi connectivity index (χ0n) is 12.3. The predicted octanol–water partition coefficient (Wildman–Crippen LogP) is 1.76. The number of nitrogens with zero attached hydrogens (tertiary/aromatic N) is 2. The highest BCUT2D eigenvalue weighted by molar-refractivity contribution is 5.76. The fourth-order valence-electron chi connectivity index (χ4n) is 2.62. The van der Waals surface area contributed by atoms with Crippen LogP contribution in [-0.4, -0.2) is 48.9 Å². The second kappa shape index (κ2) is 7.29. The third-order valence-electron chi connectivity index (χ3n) is 4.04. The second-order valence-corrected chi connectivity index (χ2v) is 5.56. The van der Waals surface area contributed by atoms with Gasteiger partial charge in [-0.15, -0.1) is 0 Å². The average molecular weight is 275 g/mol. The van der Waals surface area contributed by atoms with Crippen molar-refractivity contribution in [3.8, 4) is 0 Å². The number of amides is 1. The van der Waals surface area contributed by atoms with Crippen LogP contribution in [0.2, 0.25) is 0 Å². The largest absolute Gasteiger partial charge is 0.399 e. The number of anilines is 1. The van der Waals surface area contributed by atoms with E-state index in [1.54, 1.807) is 0 Å². The number of carbonyl (C=O) groups is 1. The van der Waals surface area contributed by atoms with Crippen LogP contribution in [0.5, 0.6) is 0 Å². The number of likely N-dealkylation sites (N-methyl/N-ethyl adjacent to an activating group) is 1. The van der Waals surface area contributed by atoms with Gasteiger partial charge in [-0.2, -0.15) is 0 Å². The Morgan fingerprint density at radius 2 is 2.00 bits per heavy atom. The topological polar surface area (TPSA) is 49.6 Å². The van der Waals surface area contributed by atoms with Crippen molar-refractivity contribution >= 4 is 11.6 Å². The first-order chi connectivity index (χ1) is 9.66. The normalized spacial score (nSPS) is 15.4. The number of aryl methyl sites for hydroxylation is 1. The van der Waals surface area contributed by atoms with Crippen LogP contribution in [0.1, 0.15) is 24.8 Å². The lowest BCUT2D eigenvalue weighted by atomic mass is 10.1. The summed E-state index contributed by atoms with van der Waals surface area (Å²) >= 11 is 0.